The van der Waals surface area contributed by atoms with Gasteiger partial charge in [0.25, 0.3) is 5.56 Å². The summed E-state index contributed by atoms with van der Waals surface area (Å²) in [6.07, 6.45) is -5.83. The Morgan fingerprint density at radius 2 is 1.88 bits per heavy atom. The molecule has 11 heteroatoms. The molecular formula is C13H13F3N2O5S. The Balaban J connectivity index is 2.80. The normalized spacial score (nSPS) is 12.0. The van der Waals surface area contributed by atoms with Gasteiger partial charge in [0.15, 0.2) is 0 Å². The fourth-order valence-electron chi connectivity index (χ4n) is 2.30. The van der Waals surface area contributed by atoms with Gasteiger partial charge in [0.1, 0.15) is 11.4 Å². The number of aromatic nitrogens is 2. The molecule has 0 aromatic carbocycles. The highest BCUT2D eigenvalue weighted by Crippen LogP contribution is 2.29. The molecule has 24 heavy (non-hydrogen) atoms. The maximum Gasteiger partial charge on any atom is 0.390 e. The number of nitrogens with zero attached hydrogens (tertiary/aromatic N) is 2. The molecule has 2 N–H and O–H groups in total. The van der Waals surface area contributed by atoms with Crippen molar-refractivity contribution in [2.75, 3.05) is 0 Å². The number of alkyl halides is 3. The fraction of sp³-hybridized carbons (Fsp3) is 0.462. The van der Waals surface area contributed by atoms with E-state index in [1.165, 1.54) is 6.92 Å². The number of carbonyl (C=O) groups is 1. The summed E-state index contributed by atoms with van der Waals surface area (Å²) in [7, 11) is 0. The molecule has 2 aromatic rings. The average molecular weight is 366 g/mol. The summed E-state index contributed by atoms with van der Waals surface area (Å²) < 4.78 is 38.6. The van der Waals surface area contributed by atoms with Crippen LogP contribution in [0.15, 0.2) is 9.59 Å². The van der Waals surface area contributed by atoms with Crippen LogP contribution in [0, 0.1) is 6.92 Å². The van der Waals surface area contributed by atoms with E-state index in [1.54, 1.807) is 0 Å². The Labute approximate surface area is 136 Å². The zero-order valence-electron chi connectivity index (χ0n) is 12.4. The third-order valence-corrected chi connectivity index (χ3v) is 4.75. The molecule has 0 saturated heterocycles. The quantitative estimate of drug-likeness (QED) is 0.824. The molecule has 0 aliphatic carbocycles. The Morgan fingerprint density at radius 3 is 2.38 bits per heavy atom. The van der Waals surface area contributed by atoms with E-state index in [9.17, 15) is 32.7 Å². The van der Waals surface area contributed by atoms with Crippen molar-refractivity contribution in [2.24, 2.45) is 0 Å². The topological polar surface area (TPSA) is 102 Å². The second kappa shape index (κ2) is 6.40. The number of carboxylic acid groups (broad SMARTS) is 1. The molecule has 0 unspecified atom stereocenters. The van der Waals surface area contributed by atoms with E-state index in [1.807, 2.05) is 0 Å². The van der Waals surface area contributed by atoms with Crippen molar-refractivity contribution in [3.05, 3.63) is 31.3 Å². The first kappa shape index (κ1) is 18.2. The number of hydrogen-bond donors (Lipinski definition) is 2. The molecule has 132 valence electrons. The summed E-state index contributed by atoms with van der Waals surface area (Å²) in [6.45, 7) is -0.667. The predicted octanol–water partition coefficient (Wildman–Crippen LogP) is 1.06. The van der Waals surface area contributed by atoms with E-state index in [0.717, 1.165) is 15.9 Å². The number of carboxylic acids is 1. The lowest BCUT2D eigenvalue weighted by Gasteiger charge is -2.12. The predicted molar refractivity (Wildman–Crippen MR) is 79.3 cm³/mol. The Bertz CT molecular complexity index is 909. The third-order valence-electron chi connectivity index (χ3n) is 3.45. The van der Waals surface area contributed by atoms with Gasteiger partial charge in [-0.2, -0.15) is 13.2 Å². The molecule has 0 bridgehead atoms. The van der Waals surface area contributed by atoms with Crippen molar-refractivity contribution >= 4 is 27.5 Å². The van der Waals surface area contributed by atoms with Crippen LogP contribution >= 0.6 is 11.3 Å². The lowest BCUT2D eigenvalue weighted by Crippen LogP contribution is -2.41. The monoisotopic (exact) mass is 366 g/mol. The molecule has 0 saturated carbocycles. The van der Waals surface area contributed by atoms with Gasteiger partial charge in [-0.15, -0.1) is 11.3 Å². The van der Waals surface area contributed by atoms with E-state index >= 15 is 0 Å². The molecule has 0 aliphatic rings. The molecule has 0 amide bonds. The minimum absolute atomic E-state index is 0.00237. The van der Waals surface area contributed by atoms with Crippen LogP contribution < -0.4 is 11.2 Å². The van der Waals surface area contributed by atoms with Gasteiger partial charge >= 0.3 is 17.8 Å². The number of aliphatic carboxylic acids is 1. The number of halogens is 3. The number of thiophene rings is 1. The molecule has 2 rings (SSSR count). The number of aliphatic hydroxyl groups excluding tert-OH is 1. The zero-order valence-corrected chi connectivity index (χ0v) is 13.2. The van der Waals surface area contributed by atoms with Crippen molar-refractivity contribution in [1.29, 1.82) is 0 Å². The highest BCUT2D eigenvalue weighted by molar-refractivity contribution is 7.18. The lowest BCUT2D eigenvalue weighted by molar-refractivity contribution is -0.139. The van der Waals surface area contributed by atoms with Gasteiger partial charge < -0.3 is 10.2 Å². The number of aliphatic hydroxyl groups is 1. The zero-order chi connectivity index (χ0) is 18.2. The third kappa shape index (κ3) is 3.36. The van der Waals surface area contributed by atoms with E-state index in [2.05, 4.69) is 0 Å². The molecule has 2 aromatic heterocycles. The second-order valence-electron chi connectivity index (χ2n) is 5.07. The minimum Gasteiger partial charge on any atom is -0.480 e. The van der Waals surface area contributed by atoms with Crippen LogP contribution in [-0.4, -0.2) is 31.5 Å². The molecular weight excluding hydrogens is 353 g/mol. The van der Waals surface area contributed by atoms with Crippen LogP contribution in [0.3, 0.4) is 0 Å². The highest BCUT2D eigenvalue weighted by atomic mass is 32.1. The average Bonchev–Trinajstić information content (AvgIpc) is 2.79. The number of fused-ring (bicyclic) bond motifs is 1. The van der Waals surface area contributed by atoms with Gasteiger partial charge in [0, 0.05) is 11.4 Å². The van der Waals surface area contributed by atoms with Crippen LogP contribution in [0.25, 0.3) is 10.2 Å². The molecule has 0 spiro atoms. The smallest absolute Gasteiger partial charge is 0.390 e. The first-order valence-electron chi connectivity index (χ1n) is 6.71. The first-order valence-corrected chi connectivity index (χ1v) is 7.53. The van der Waals surface area contributed by atoms with E-state index in [-0.39, 0.29) is 10.2 Å². The molecule has 0 fully saturated rings. The van der Waals surface area contributed by atoms with Crippen molar-refractivity contribution in [1.82, 2.24) is 9.13 Å². The Hall–Kier alpha value is -2.14. The fourth-order valence-corrected chi connectivity index (χ4v) is 3.48. The summed E-state index contributed by atoms with van der Waals surface area (Å²) in [5.41, 5.74) is -1.69. The summed E-state index contributed by atoms with van der Waals surface area (Å²) >= 11 is 0.842. The molecule has 0 radical (unpaired) electrons. The summed E-state index contributed by atoms with van der Waals surface area (Å²) in [4.78, 5) is 35.9. The van der Waals surface area contributed by atoms with Crippen molar-refractivity contribution < 1.29 is 28.2 Å². The van der Waals surface area contributed by atoms with Crippen LogP contribution in [0.1, 0.15) is 16.9 Å². The summed E-state index contributed by atoms with van der Waals surface area (Å²) in [5, 5.41) is 18.1. The van der Waals surface area contributed by atoms with E-state index < -0.39 is 49.5 Å². The van der Waals surface area contributed by atoms with Crippen LogP contribution in [0.4, 0.5) is 13.2 Å². The SMILES string of the molecule is Cc1c(CO)sc2c1c(=O)n(CC(=O)O)c(=O)n2CCC(F)(F)F. The second-order valence-corrected chi connectivity index (χ2v) is 6.16. The summed E-state index contributed by atoms with van der Waals surface area (Å²) in [5.74, 6) is -1.47. The summed E-state index contributed by atoms with van der Waals surface area (Å²) in [6, 6.07) is 0. The lowest BCUT2D eigenvalue weighted by atomic mass is 10.2. The van der Waals surface area contributed by atoms with Gasteiger partial charge in [0.2, 0.25) is 0 Å². The van der Waals surface area contributed by atoms with Crippen LogP contribution in [-0.2, 0) is 24.5 Å². The van der Waals surface area contributed by atoms with Gasteiger partial charge in [-0.25, -0.2) is 9.36 Å². The molecule has 2 heterocycles. The minimum atomic E-state index is -4.52. The standard InChI is InChI=1S/C13H13F3N2O5S/c1-6-7(5-19)24-11-9(6)10(22)18(4-8(20)21)12(23)17(11)3-2-13(14,15)16/h19H,2-5H2,1H3,(H,20,21). The number of aryl methyl sites for hydroxylation is 2. The van der Waals surface area contributed by atoms with Gasteiger partial charge in [-0.05, 0) is 12.5 Å². The highest BCUT2D eigenvalue weighted by Gasteiger charge is 2.28. The molecule has 7 nitrogen and oxygen atoms in total. The van der Waals surface area contributed by atoms with Crippen LogP contribution in [0.5, 0.6) is 0 Å². The van der Waals surface area contributed by atoms with Crippen molar-refractivity contribution in [3.8, 4) is 0 Å². The van der Waals surface area contributed by atoms with Crippen molar-refractivity contribution in [3.63, 3.8) is 0 Å². The van der Waals surface area contributed by atoms with Gasteiger partial charge in [-0.1, -0.05) is 0 Å². The van der Waals surface area contributed by atoms with Gasteiger partial charge in [-0.3, -0.25) is 14.2 Å². The first-order chi connectivity index (χ1) is 11.1. The Kier molecular flexibility index (Phi) is 4.85. The van der Waals surface area contributed by atoms with Gasteiger partial charge in [0.05, 0.1) is 18.4 Å². The Morgan fingerprint density at radius 1 is 1.25 bits per heavy atom. The number of rotatable bonds is 5. The molecule has 0 aliphatic heterocycles. The molecule has 0 atom stereocenters. The van der Waals surface area contributed by atoms with E-state index in [4.69, 9.17) is 5.11 Å². The largest absolute Gasteiger partial charge is 0.480 e. The maximum atomic E-state index is 12.5. The maximum absolute atomic E-state index is 12.5. The van der Waals surface area contributed by atoms with Crippen molar-refractivity contribution in [2.45, 2.75) is 39.2 Å². The van der Waals surface area contributed by atoms with Crippen LogP contribution in [0.2, 0.25) is 0 Å². The van der Waals surface area contributed by atoms with E-state index in [0.29, 0.717) is 15.0 Å². The number of hydrogen-bond acceptors (Lipinski definition) is 5.